The van der Waals surface area contributed by atoms with Crippen LogP contribution in [0.25, 0.3) is 0 Å². The van der Waals surface area contributed by atoms with Gasteiger partial charge in [0, 0.05) is 6.04 Å². The van der Waals surface area contributed by atoms with Gasteiger partial charge in [0.25, 0.3) is 5.91 Å². The summed E-state index contributed by atoms with van der Waals surface area (Å²) in [5, 5.41) is 8.32. The van der Waals surface area contributed by atoms with Crippen molar-refractivity contribution in [3.63, 3.8) is 0 Å². The second-order valence-corrected chi connectivity index (χ2v) is 6.17. The van der Waals surface area contributed by atoms with E-state index in [2.05, 4.69) is 16.0 Å². The molecule has 1 aromatic rings. The minimum Gasteiger partial charge on any atom is -0.353 e. The van der Waals surface area contributed by atoms with E-state index in [4.69, 9.17) is 0 Å². The zero-order valence-corrected chi connectivity index (χ0v) is 12.9. The lowest BCUT2D eigenvalue weighted by Crippen LogP contribution is -2.46. The molecule has 1 aliphatic carbocycles. The van der Waals surface area contributed by atoms with Gasteiger partial charge in [-0.05, 0) is 25.0 Å². The van der Waals surface area contributed by atoms with Crippen LogP contribution in [-0.2, 0) is 9.59 Å². The van der Waals surface area contributed by atoms with Gasteiger partial charge in [0.05, 0.1) is 17.7 Å². The molecule has 1 saturated carbocycles. The molecule has 0 radical (unpaired) electrons. The number of para-hydroxylation sites is 1. The van der Waals surface area contributed by atoms with Crippen LogP contribution in [0.4, 0.5) is 5.69 Å². The average Bonchev–Trinajstić information content (AvgIpc) is 2.66. The van der Waals surface area contributed by atoms with Crippen molar-refractivity contribution in [1.82, 2.24) is 10.6 Å². The van der Waals surface area contributed by atoms with Gasteiger partial charge in [-0.3, -0.25) is 14.4 Å². The standard InChI is InChI=1S/C17H21N3O3/c21-15(18-11-6-2-1-3-7-11)10-14-17(23)19-13-9-5-4-8-12(13)16(22)20-14/h4-5,8-9,11,14H,1-3,6-7,10H2,(H,18,21)(H,19,23)(H,20,22)/t14-/m1/s1. The first-order chi connectivity index (χ1) is 11.1. The molecule has 1 fully saturated rings. The van der Waals surface area contributed by atoms with Crippen LogP contribution in [0.5, 0.6) is 0 Å². The highest BCUT2D eigenvalue weighted by Crippen LogP contribution is 2.20. The number of amides is 3. The smallest absolute Gasteiger partial charge is 0.254 e. The van der Waals surface area contributed by atoms with Gasteiger partial charge in [0.15, 0.2) is 0 Å². The van der Waals surface area contributed by atoms with E-state index >= 15 is 0 Å². The van der Waals surface area contributed by atoms with E-state index in [9.17, 15) is 14.4 Å². The van der Waals surface area contributed by atoms with Gasteiger partial charge in [0.1, 0.15) is 6.04 Å². The minimum atomic E-state index is -0.849. The molecule has 0 saturated heterocycles. The van der Waals surface area contributed by atoms with Crippen molar-refractivity contribution in [2.75, 3.05) is 5.32 Å². The molecule has 1 aromatic carbocycles. The van der Waals surface area contributed by atoms with Crippen LogP contribution in [-0.4, -0.2) is 29.8 Å². The number of fused-ring (bicyclic) bond motifs is 1. The lowest BCUT2D eigenvalue weighted by Gasteiger charge is -2.23. The van der Waals surface area contributed by atoms with Crippen LogP contribution >= 0.6 is 0 Å². The van der Waals surface area contributed by atoms with E-state index in [1.165, 1.54) is 6.42 Å². The third-order valence-electron chi connectivity index (χ3n) is 4.41. The summed E-state index contributed by atoms with van der Waals surface area (Å²) in [7, 11) is 0. The number of nitrogens with one attached hydrogen (secondary N) is 3. The normalized spacial score (nSPS) is 21.7. The van der Waals surface area contributed by atoms with Crippen LogP contribution in [0, 0.1) is 0 Å². The molecule has 0 unspecified atom stereocenters. The van der Waals surface area contributed by atoms with Gasteiger partial charge in [-0.15, -0.1) is 0 Å². The molecule has 6 heteroatoms. The van der Waals surface area contributed by atoms with E-state index in [0.717, 1.165) is 25.7 Å². The summed E-state index contributed by atoms with van der Waals surface area (Å²) in [5.41, 5.74) is 0.890. The van der Waals surface area contributed by atoms with Gasteiger partial charge in [-0.1, -0.05) is 31.4 Å². The lowest BCUT2D eigenvalue weighted by atomic mass is 9.95. The molecule has 3 rings (SSSR count). The summed E-state index contributed by atoms with van der Waals surface area (Å²) in [6.45, 7) is 0. The van der Waals surface area contributed by atoms with Gasteiger partial charge in [0.2, 0.25) is 11.8 Å². The summed E-state index contributed by atoms with van der Waals surface area (Å²) in [6, 6.07) is 6.16. The van der Waals surface area contributed by atoms with E-state index in [1.54, 1.807) is 24.3 Å². The molecule has 1 atom stereocenters. The topological polar surface area (TPSA) is 87.3 Å². The van der Waals surface area contributed by atoms with Crippen molar-refractivity contribution >= 4 is 23.4 Å². The van der Waals surface area contributed by atoms with Crippen LogP contribution in [0.1, 0.15) is 48.9 Å². The van der Waals surface area contributed by atoms with Crippen molar-refractivity contribution in [3.8, 4) is 0 Å². The zero-order valence-electron chi connectivity index (χ0n) is 12.9. The van der Waals surface area contributed by atoms with Crippen molar-refractivity contribution < 1.29 is 14.4 Å². The van der Waals surface area contributed by atoms with E-state index < -0.39 is 6.04 Å². The Morgan fingerprint density at radius 3 is 2.65 bits per heavy atom. The molecule has 0 aromatic heterocycles. The number of rotatable bonds is 3. The Labute approximate surface area is 135 Å². The summed E-state index contributed by atoms with van der Waals surface area (Å²) in [5.74, 6) is -0.889. The molecule has 1 heterocycles. The van der Waals surface area contributed by atoms with Gasteiger partial charge in [-0.2, -0.15) is 0 Å². The number of carbonyl (C=O) groups excluding carboxylic acids is 3. The van der Waals surface area contributed by atoms with Crippen molar-refractivity contribution in [2.24, 2.45) is 0 Å². The third kappa shape index (κ3) is 3.70. The molecule has 23 heavy (non-hydrogen) atoms. The molecule has 3 N–H and O–H groups in total. The fourth-order valence-corrected chi connectivity index (χ4v) is 3.17. The molecular weight excluding hydrogens is 294 g/mol. The second kappa shape index (κ2) is 6.81. The first-order valence-corrected chi connectivity index (χ1v) is 8.13. The molecule has 2 aliphatic rings. The maximum absolute atomic E-state index is 12.2. The fourth-order valence-electron chi connectivity index (χ4n) is 3.17. The minimum absolute atomic E-state index is 0.0396. The number of carbonyl (C=O) groups is 3. The Balaban J connectivity index is 1.63. The first-order valence-electron chi connectivity index (χ1n) is 8.13. The highest BCUT2D eigenvalue weighted by Gasteiger charge is 2.30. The molecular formula is C17H21N3O3. The van der Waals surface area contributed by atoms with E-state index in [1.807, 2.05) is 0 Å². The van der Waals surface area contributed by atoms with Gasteiger partial charge < -0.3 is 16.0 Å². The van der Waals surface area contributed by atoms with Crippen LogP contribution in [0.15, 0.2) is 24.3 Å². The van der Waals surface area contributed by atoms with Crippen LogP contribution < -0.4 is 16.0 Å². The Hall–Kier alpha value is -2.37. The van der Waals surface area contributed by atoms with Gasteiger partial charge in [-0.25, -0.2) is 0 Å². The number of hydrogen-bond acceptors (Lipinski definition) is 3. The average molecular weight is 315 g/mol. The number of anilines is 1. The first kappa shape index (κ1) is 15.5. The van der Waals surface area contributed by atoms with Crippen molar-refractivity contribution in [1.29, 1.82) is 0 Å². The molecule has 3 amide bonds. The highest BCUT2D eigenvalue weighted by molar-refractivity contribution is 6.10. The van der Waals surface area contributed by atoms with Crippen molar-refractivity contribution in [3.05, 3.63) is 29.8 Å². The fraction of sp³-hybridized carbons (Fsp3) is 0.471. The Kier molecular flexibility index (Phi) is 4.60. The summed E-state index contributed by atoms with van der Waals surface area (Å²) in [4.78, 5) is 36.6. The largest absolute Gasteiger partial charge is 0.353 e. The summed E-state index contributed by atoms with van der Waals surface area (Å²) in [6.07, 6.45) is 5.40. The monoisotopic (exact) mass is 315 g/mol. The number of hydrogen-bond donors (Lipinski definition) is 3. The molecule has 0 spiro atoms. The summed E-state index contributed by atoms with van der Waals surface area (Å²) >= 11 is 0. The quantitative estimate of drug-likeness (QED) is 0.791. The SMILES string of the molecule is O=C(C[C@H]1NC(=O)c2ccccc2NC1=O)NC1CCCCC1. The Morgan fingerprint density at radius 2 is 1.87 bits per heavy atom. The van der Waals surface area contributed by atoms with Crippen LogP contribution in [0.3, 0.4) is 0 Å². The number of benzene rings is 1. The van der Waals surface area contributed by atoms with Crippen molar-refractivity contribution in [2.45, 2.75) is 50.6 Å². The molecule has 122 valence electrons. The lowest BCUT2D eigenvalue weighted by molar-refractivity contribution is -0.126. The third-order valence-corrected chi connectivity index (χ3v) is 4.41. The van der Waals surface area contributed by atoms with Gasteiger partial charge >= 0.3 is 0 Å². The second-order valence-electron chi connectivity index (χ2n) is 6.17. The Morgan fingerprint density at radius 1 is 1.13 bits per heavy atom. The predicted molar refractivity (Wildman–Crippen MR) is 86.0 cm³/mol. The Bertz CT molecular complexity index is 623. The van der Waals surface area contributed by atoms with Crippen LogP contribution in [0.2, 0.25) is 0 Å². The highest BCUT2D eigenvalue weighted by atomic mass is 16.2. The maximum atomic E-state index is 12.2. The molecule has 0 bridgehead atoms. The van der Waals surface area contributed by atoms with E-state index in [-0.39, 0.29) is 30.2 Å². The molecule has 1 aliphatic heterocycles. The molecule has 6 nitrogen and oxygen atoms in total. The maximum Gasteiger partial charge on any atom is 0.254 e. The zero-order chi connectivity index (χ0) is 16.2. The summed E-state index contributed by atoms with van der Waals surface area (Å²) < 4.78 is 0. The van der Waals surface area contributed by atoms with E-state index in [0.29, 0.717) is 11.3 Å². The predicted octanol–water partition coefficient (Wildman–Crippen LogP) is 1.58.